The second kappa shape index (κ2) is 5.25. The molecule has 0 aliphatic heterocycles. The average Bonchev–Trinajstić information content (AvgIpc) is 2.34. The Morgan fingerprint density at radius 3 is 2.37 bits per heavy atom. The summed E-state index contributed by atoms with van der Waals surface area (Å²) >= 11 is 0. The zero-order chi connectivity index (χ0) is 14.8. The van der Waals surface area contributed by atoms with Crippen molar-refractivity contribution < 1.29 is 22.8 Å². The molecule has 8 heteroatoms. The number of carbonyl (C=O) groups excluding carboxylic acids is 2. The van der Waals surface area contributed by atoms with Crippen LogP contribution in [0.3, 0.4) is 0 Å². The van der Waals surface area contributed by atoms with Crippen molar-refractivity contribution >= 4 is 17.5 Å². The lowest BCUT2D eigenvalue weighted by Gasteiger charge is -2.17. The third-order valence-electron chi connectivity index (χ3n) is 2.45. The van der Waals surface area contributed by atoms with Gasteiger partial charge in [-0.1, -0.05) is 0 Å². The van der Waals surface area contributed by atoms with E-state index in [1.54, 1.807) is 0 Å². The number of pyridine rings is 1. The number of carbonyl (C=O) groups is 2. The maximum absolute atomic E-state index is 12.5. The van der Waals surface area contributed by atoms with E-state index in [0.717, 1.165) is 17.2 Å². The number of amides is 2. The molecular formula is C11H12F3N3O2. The maximum atomic E-state index is 12.5. The first-order chi connectivity index (χ1) is 8.68. The van der Waals surface area contributed by atoms with Crippen molar-refractivity contribution in [2.24, 2.45) is 0 Å². The monoisotopic (exact) mass is 275 g/mol. The molecule has 2 amide bonds. The summed E-state index contributed by atoms with van der Waals surface area (Å²) in [5.41, 5.74) is -1.03. The number of anilines is 1. The summed E-state index contributed by atoms with van der Waals surface area (Å²) in [6.07, 6.45) is -3.65. The Morgan fingerprint density at radius 1 is 1.37 bits per heavy atom. The van der Waals surface area contributed by atoms with Crippen LogP contribution in [-0.4, -0.2) is 30.9 Å². The molecule has 5 nitrogen and oxygen atoms in total. The molecule has 0 aliphatic rings. The van der Waals surface area contributed by atoms with Crippen LogP contribution in [0.4, 0.5) is 18.9 Å². The van der Waals surface area contributed by atoms with Crippen molar-refractivity contribution in [3.63, 3.8) is 0 Å². The summed E-state index contributed by atoms with van der Waals surface area (Å²) in [5.74, 6) is -1.75. The predicted octanol–water partition coefficient (Wildman–Crippen LogP) is 1.12. The molecule has 19 heavy (non-hydrogen) atoms. The molecule has 0 spiro atoms. The molecule has 0 aromatic carbocycles. The number of aromatic nitrogens is 1. The Labute approximate surface area is 107 Å². The minimum Gasteiger partial charge on any atom is -0.351 e. The molecule has 0 bridgehead atoms. The smallest absolute Gasteiger partial charge is 0.351 e. The molecule has 0 saturated heterocycles. The number of likely N-dealkylation sites (N-methyl/N-ethyl adjacent to an activating group) is 2. The molecule has 1 heterocycles. The van der Waals surface area contributed by atoms with Gasteiger partial charge in [0, 0.05) is 14.1 Å². The van der Waals surface area contributed by atoms with Gasteiger partial charge in [0.25, 0.3) is 0 Å². The Bertz CT molecular complexity index is 514. The van der Waals surface area contributed by atoms with Crippen LogP contribution in [0.5, 0.6) is 0 Å². The average molecular weight is 275 g/mol. The van der Waals surface area contributed by atoms with E-state index in [9.17, 15) is 22.8 Å². The lowest BCUT2D eigenvalue weighted by Crippen LogP contribution is -2.39. The van der Waals surface area contributed by atoms with Crippen LogP contribution in [0.25, 0.3) is 0 Å². The fourth-order valence-corrected chi connectivity index (χ4v) is 1.42. The van der Waals surface area contributed by atoms with E-state index >= 15 is 0 Å². The van der Waals surface area contributed by atoms with Gasteiger partial charge in [-0.2, -0.15) is 13.2 Å². The van der Waals surface area contributed by atoms with Gasteiger partial charge in [0.15, 0.2) is 0 Å². The molecule has 0 saturated carbocycles. The topological polar surface area (TPSA) is 62.3 Å². The molecular weight excluding hydrogens is 263 g/mol. The van der Waals surface area contributed by atoms with E-state index in [1.165, 1.54) is 21.0 Å². The van der Waals surface area contributed by atoms with Crippen molar-refractivity contribution in [3.05, 3.63) is 23.5 Å². The quantitative estimate of drug-likeness (QED) is 0.781. The second-order valence-electron chi connectivity index (χ2n) is 3.80. The van der Waals surface area contributed by atoms with Gasteiger partial charge in [0.2, 0.25) is 0 Å². The lowest BCUT2D eigenvalue weighted by atomic mass is 10.2. The van der Waals surface area contributed by atoms with E-state index in [4.69, 9.17) is 0 Å². The van der Waals surface area contributed by atoms with E-state index in [1.807, 2.05) is 0 Å². The van der Waals surface area contributed by atoms with E-state index < -0.39 is 23.7 Å². The largest absolute Gasteiger partial charge is 0.433 e. The Balaban J connectivity index is 3.08. The molecule has 104 valence electrons. The molecule has 1 N–H and O–H groups in total. The van der Waals surface area contributed by atoms with Crippen LogP contribution in [-0.2, 0) is 15.8 Å². The zero-order valence-corrected chi connectivity index (χ0v) is 10.5. The number of halogens is 3. The van der Waals surface area contributed by atoms with Gasteiger partial charge < -0.3 is 10.2 Å². The first kappa shape index (κ1) is 14.9. The summed E-state index contributed by atoms with van der Waals surface area (Å²) in [4.78, 5) is 26.9. The van der Waals surface area contributed by atoms with Gasteiger partial charge in [0.05, 0.1) is 11.9 Å². The molecule has 0 fully saturated rings. The third kappa shape index (κ3) is 3.21. The van der Waals surface area contributed by atoms with Crippen LogP contribution in [0.1, 0.15) is 11.3 Å². The fraction of sp³-hybridized carbons (Fsp3) is 0.364. The predicted molar refractivity (Wildman–Crippen MR) is 61.5 cm³/mol. The Hall–Kier alpha value is -2.12. The minimum atomic E-state index is -4.55. The van der Waals surface area contributed by atoms with Crippen LogP contribution in [0, 0.1) is 6.92 Å². The highest BCUT2D eigenvalue weighted by Crippen LogP contribution is 2.31. The second-order valence-corrected chi connectivity index (χ2v) is 3.80. The van der Waals surface area contributed by atoms with E-state index in [-0.39, 0.29) is 11.3 Å². The van der Waals surface area contributed by atoms with Gasteiger partial charge in [-0.25, -0.2) is 4.98 Å². The van der Waals surface area contributed by atoms with Crippen LogP contribution >= 0.6 is 0 Å². The number of hydrogen-bond acceptors (Lipinski definition) is 3. The number of hydrogen-bond donors (Lipinski definition) is 1. The fourth-order valence-electron chi connectivity index (χ4n) is 1.42. The van der Waals surface area contributed by atoms with Crippen molar-refractivity contribution in [1.82, 2.24) is 10.3 Å². The SMILES string of the molecule is CNC(=O)C(=O)N(C)c1cnc(C(F)(F)F)c(C)c1. The van der Waals surface area contributed by atoms with Crippen LogP contribution in [0.2, 0.25) is 0 Å². The van der Waals surface area contributed by atoms with Gasteiger partial charge >= 0.3 is 18.0 Å². The number of rotatable bonds is 1. The third-order valence-corrected chi connectivity index (χ3v) is 2.45. The Morgan fingerprint density at radius 2 is 1.95 bits per heavy atom. The molecule has 0 aliphatic carbocycles. The number of alkyl halides is 3. The highest BCUT2D eigenvalue weighted by Gasteiger charge is 2.34. The number of aryl methyl sites for hydroxylation is 1. The number of nitrogens with zero attached hydrogens (tertiary/aromatic N) is 2. The lowest BCUT2D eigenvalue weighted by molar-refractivity contribution is -0.141. The molecule has 0 radical (unpaired) electrons. The summed E-state index contributed by atoms with van der Waals surface area (Å²) in [7, 11) is 2.56. The van der Waals surface area contributed by atoms with Crippen LogP contribution in [0.15, 0.2) is 12.3 Å². The van der Waals surface area contributed by atoms with Crippen molar-refractivity contribution in [2.45, 2.75) is 13.1 Å². The van der Waals surface area contributed by atoms with Gasteiger partial charge in [-0.15, -0.1) is 0 Å². The van der Waals surface area contributed by atoms with Crippen molar-refractivity contribution in [2.75, 3.05) is 19.0 Å². The first-order valence-electron chi connectivity index (χ1n) is 5.22. The van der Waals surface area contributed by atoms with Crippen LogP contribution < -0.4 is 10.2 Å². The molecule has 1 aromatic rings. The zero-order valence-electron chi connectivity index (χ0n) is 10.5. The van der Waals surface area contributed by atoms with Gasteiger partial charge in [-0.05, 0) is 18.6 Å². The Kier molecular flexibility index (Phi) is 4.13. The maximum Gasteiger partial charge on any atom is 0.433 e. The molecule has 0 atom stereocenters. The standard InChI is InChI=1S/C11H12F3N3O2/c1-6-4-7(5-16-8(6)11(12,13)14)17(3)10(19)9(18)15-2/h4-5H,1-3H3,(H,15,18). The van der Waals surface area contributed by atoms with E-state index in [0.29, 0.717) is 0 Å². The van der Waals surface area contributed by atoms with Crippen molar-refractivity contribution in [3.8, 4) is 0 Å². The number of nitrogens with one attached hydrogen (secondary N) is 1. The van der Waals surface area contributed by atoms with E-state index in [2.05, 4.69) is 10.3 Å². The molecule has 1 aromatic heterocycles. The highest BCUT2D eigenvalue weighted by atomic mass is 19.4. The van der Waals surface area contributed by atoms with Gasteiger partial charge in [-0.3, -0.25) is 9.59 Å². The summed E-state index contributed by atoms with van der Waals surface area (Å²) in [5, 5.41) is 2.14. The van der Waals surface area contributed by atoms with Crippen molar-refractivity contribution in [1.29, 1.82) is 0 Å². The molecule has 0 unspecified atom stereocenters. The minimum absolute atomic E-state index is 0.110. The summed E-state index contributed by atoms with van der Waals surface area (Å²) in [6.45, 7) is 1.23. The molecule has 1 rings (SSSR count). The normalized spacial score (nSPS) is 11.1. The summed E-state index contributed by atoms with van der Waals surface area (Å²) in [6, 6.07) is 1.15. The highest BCUT2D eigenvalue weighted by molar-refractivity contribution is 6.40. The van der Waals surface area contributed by atoms with Gasteiger partial charge in [0.1, 0.15) is 5.69 Å². The summed E-state index contributed by atoms with van der Waals surface area (Å²) < 4.78 is 37.5. The first-order valence-corrected chi connectivity index (χ1v) is 5.22.